The number of aliphatic hydroxyl groups excluding tert-OH is 1. The monoisotopic (exact) mass is 293 g/mol. The number of rotatable bonds is 12. The Kier molecular flexibility index (Phi) is 11.8. The second-order valence-electron chi connectivity index (χ2n) is 5.64. The van der Waals surface area contributed by atoms with Crippen molar-refractivity contribution in [3.8, 4) is 0 Å². The second kappa shape index (κ2) is 11.8. The van der Waals surface area contributed by atoms with Gasteiger partial charge in [-0.1, -0.05) is 13.8 Å². The molecule has 0 rings (SSSR count). The standard InChI is InChI=1S/C14H31NO3S/c1-12(2)6-5-8-18-11-14(16)10-15-13(3)7-9-19(4)17/h12-16H,5-11H2,1-4H3. The molecule has 4 nitrogen and oxygen atoms in total. The van der Waals surface area contributed by atoms with Crippen LogP contribution in [0.3, 0.4) is 0 Å². The van der Waals surface area contributed by atoms with Crippen molar-refractivity contribution in [2.75, 3.05) is 31.8 Å². The molecule has 0 fully saturated rings. The van der Waals surface area contributed by atoms with E-state index >= 15 is 0 Å². The van der Waals surface area contributed by atoms with Crippen LogP contribution < -0.4 is 5.32 Å². The summed E-state index contributed by atoms with van der Waals surface area (Å²) in [5.41, 5.74) is 0. The van der Waals surface area contributed by atoms with Crippen LogP contribution in [-0.2, 0) is 15.5 Å². The van der Waals surface area contributed by atoms with E-state index in [1.54, 1.807) is 6.26 Å². The molecule has 0 amide bonds. The van der Waals surface area contributed by atoms with Crippen LogP contribution >= 0.6 is 0 Å². The fourth-order valence-electron chi connectivity index (χ4n) is 1.65. The summed E-state index contributed by atoms with van der Waals surface area (Å²) in [5, 5.41) is 13.0. The van der Waals surface area contributed by atoms with Crippen LogP contribution in [0.15, 0.2) is 0 Å². The third-order valence-electron chi connectivity index (χ3n) is 2.92. The number of hydrogen-bond acceptors (Lipinski definition) is 4. The lowest BCUT2D eigenvalue weighted by Crippen LogP contribution is -2.36. The van der Waals surface area contributed by atoms with E-state index in [-0.39, 0.29) is 6.04 Å². The molecule has 0 spiro atoms. The predicted molar refractivity (Wildman–Crippen MR) is 81.9 cm³/mol. The zero-order valence-electron chi connectivity index (χ0n) is 12.9. The molecule has 0 heterocycles. The number of nitrogens with one attached hydrogen (secondary N) is 1. The van der Waals surface area contributed by atoms with Gasteiger partial charge in [-0.15, -0.1) is 0 Å². The Morgan fingerprint density at radius 3 is 2.53 bits per heavy atom. The summed E-state index contributed by atoms with van der Waals surface area (Å²) in [5.74, 6) is 1.41. The van der Waals surface area contributed by atoms with Gasteiger partial charge in [-0.25, -0.2) is 0 Å². The molecule has 0 aliphatic rings. The summed E-state index contributed by atoms with van der Waals surface area (Å²) in [7, 11) is -0.739. The molecule has 0 aromatic rings. The highest BCUT2D eigenvalue weighted by Gasteiger charge is 2.08. The Morgan fingerprint density at radius 2 is 1.95 bits per heavy atom. The van der Waals surface area contributed by atoms with Crippen LogP contribution in [0, 0.1) is 5.92 Å². The highest BCUT2D eigenvalue weighted by Crippen LogP contribution is 2.03. The van der Waals surface area contributed by atoms with Gasteiger partial charge >= 0.3 is 0 Å². The molecule has 0 aliphatic carbocycles. The van der Waals surface area contributed by atoms with Crippen molar-refractivity contribution >= 4 is 10.8 Å². The molecular formula is C14H31NO3S. The maximum absolute atomic E-state index is 11.0. The van der Waals surface area contributed by atoms with E-state index < -0.39 is 16.9 Å². The van der Waals surface area contributed by atoms with Crippen molar-refractivity contribution in [1.82, 2.24) is 5.32 Å². The Bertz CT molecular complexity index is 237. The van der Waals surface area contributed by atoms with Crippen molar-refractivity contribution in [1.29, 1.82) is 0 Å². The van der Waals surface area contributed by atoms with E-state index in [1.165, 1.54) is 6.42 Å². The minimum atomic E-state index is -0.739. The SMILES string of the molecule is CC(C)CCCOCC(O)CNC(C)CCS(C)=O. The molecule has 0 radical (unpaired) electrons. The zero-order chi connectivity index (χ0) is 14.7. The van der Waals surface area contributed by atoms with Gasteiger partial charge in [0.15, 0.2) is 0 Å². The summed E-state index contributed by atoms with van der Waals surface area (Å²) in [6.07, 6.45) is 4.34. The largest absolute Gasteiger partial charge is 0.389 e. The smallest absolute Gasteiger partial charge is 0.0897 e. The lowest BCUT2D eigenvalue weighted by molar-refractivity contribution is 0.0337. The average molecular weight is 293 g/mol. The zero-order valence-corrected chi connectivity index (χ0v) is 13.7. The first-order chi connectivity index (χ1) is 8.91. The molecule has 5 heteroatoms. The molecular weight excluding hydrogens is 262 g/mol. The maximum Gasteiger partial charge on any atom is 0.0897 e. The molecule has 19 heavy (non-hydrogen) atoms. The van der Waals surface area contributed by atoms with Gasteiger partial charge < -0.3 is 15.2 Å². The molecule has 3 atom stereocenters. The first-order valence-electron chi connectivity index (χ1n) is 7.21. The summed E-state index contributed by atoms with van der Waals surface area (Å²) >= 11 is 0. The number of ether oxygens (including phenoxy) is 1. The molecule has 0 aliphatic heterocycles. The van der Waals surface area contributed by atoms with Crippen molar-refractivity contribution in [3.05, 3.63) is 0 Å². The number of aliphatic hydroxyl groups is 1. The van der Waals surface area contributed by atoms with Crippen LogP contribution in [0.5, 0.6) is 0 Å². The van der Waals surface area contributed by atoms with Gasteiger partial charge in [-0.3, -0.25) is 4.21 Å². The van der Waals surface area contributed by atoms with Crippen LogP contribution in [0.25, 0.3) is 0 Å². The molecule has 116 valence electrons. The Labute approximate surface area is 120 Å². The van der Waals surface area contributed by atoms with Crippen molar-refractivity contribution < 1.29 is 14.1 Å². The van der Waals surface area contributed by atoms with Gasteiger partial charge in [-0.2, -0.15) is 0 Å². The summed E-state index contributed by atoms with van der Waals surface area (Å²) in [6.45, 7) is 8.08. The van der Waals surface area contributed by atoms with E-state index in [9.17, 15) is 9.32 Å². The predicted octanol–water partition coefficient (Wildman–Crippen LogP) is 1.55. The van der Waals surface area contributed by atoms with E-state index in [0.29, 0.717) is 24.8 Å². The van der Waals surface area contributed by atoms with Crippen molar-refractivity contribution in [2.24, 2.45) is 5.92 Å². The van der Waals surface area contributed by atoms with Crippen molar-refractivity contribution in [2.45, 2.75) is 52.2 Å². The van der Waals surface area contributed by atoms with E-state index in [0.717, 1.165) is 19.4 Å². The molecule has 0 bridgehead atoms. The van der Waals surface area contributed by atoms with E-state index in [2.05, 4.69) is 19.2 Å². The molecule has 2 N–H and O–H groups in total. The summed E-state index contributed by atoms with van der Waals surface area (Å²) in [6, 6.07) is 0.277. The van der Waals surface area contributed by atoms with Gasteiger partial charge in [0.1, 0.15) is 0 Å². The second-order valence-corrected chi connectivity index (χ2v) is 7.19. The average Bonchev–Trinajstić information content (AvgIpc) is 2.33. The van der Waals surface area contributed by atoms with Crippen LogP contribution in [0.4, 0.5) is 0 Å². The highest BCUT2D eigenvalue weighted by atomic mass is 32.2. The molecule has 0 saturated carbocycles. The lowest BCUT2D eigenvalue weighted by atomic mass is 10.1. The fourth-order valence-corrected chi connectivity index (χ4v) is 2.34. The Balaban J connectivity index is 3.42. The lowest BCUT2D eigenvalue weighted by Gasteiger charge is -2.17. The minimum absolute atomic E-state index is 0.277. The fraction of sp³-hybridized carbons (Fsp3) is 1.00. The van der Waals surface area contributed by atoms with Gasteiger partial charge in [0.25, 0.3) is 0 Å². The Morgan fingerprint density at radius 1 is 1.26 bits per heavy atom. The molecule has 3 unspecified atom stereocenters. The van der Waals surface area contributed by atoms with Gasteiger partial charge in [0, 0.05) is 42.0 Å². The molecule has 0 saturated heterocycles. The Hall–Kier alpha value is 0.0300. The first-order valence-corrected chi connectivity index (χ1v) is 8.93. The van der Waals surface area contributed by atoms with Crippen molar-refractivity contribution in [3.63, 3.8) is 0 Å². The van der Waals surface area contributed by atoms with Crippen LogP contribution in [0.2, 0.25) is 0 Å². The van der Waals surface area contributed by atoms with Gasteiger partial charge in [0.05, 0.1) is 12.7 Å². The highest BCUT2D eigenvalue weighted by molar-refractivity contribution is 7.84. The van der Waals surface area contributed by atoms with Crippen LogP contribution in [0.1, 0.15) is 40.0 Å². The minimum Gasteiger partial charge on any atom is -0.389 e. The van der Waals surface area contributed by atoms with E-state index in [4.69, 9.17) is 4.74 Å². The molecule has 0 aromatic heterocycles. The van der Waals surface area contributed by atoms with E-state index in [1.807, 2.05) is 6.92 Å². The van der Waals surface area contributed by atoms with Gasteiger partial charge in [0.2, 0.25) is 0 Å². The van der Waals surface area contributed by atoms with Crippen LogP contribution in [-0.4, -0.2) is 53.2 Å². The third kappa shape index (κ3) is 14.3. The van der Waals surface area contributed by atoms with Gasteiger partial charge in [-0.05, 0) is 32.1 Å². The normalized spacial score (nSPS) is 16.5. The summed E-state index contributed by atoms with van der Waals surface area (Å²) in [4.78, 5) is 0. The summed E-state index contributed by atoms with van der Waals surface area (Å²) < 4.78 is 16.4. The molecule has 0 aromatic carbocycles. The third-order valence-corrected chi connectivity index (χ3v) is 3.73. The topological polar surface area (TPSA) is 58.6 Å². The first kappa shape index (κ1) is 19.0. The maximum atomic E-state index is 11.0. The number of hydrogen-bond donors (Lipinski definition) is 2. The quantitative estimate of drug-likeness (QED) is 0.536.